The Bertz CT molecular complexity index is 413. The van der Waals surface area contributed by atoms with E-state index >= 15 is 0 Å². The number of nitrogens with zero attached hydrogens (tertiary/aromatic N) is 5. The highest BCUT2D eigenvalue weighted by atomic mass is 16.5. The van der Waals surface area contributed by atoms with Crippen molar-refractivity contribution in [2.45, 2.75) is 19.8 Å². The molecule has 0 bridgehead atoms. The highest BCUT2D eigenvalue weighted by Gasteiger charge is 2.16. The lowest BCUT2D eigenvalue weighted by atomic mass is 10.4. The molecule has 2 N–H and O–H groups in total. The molecular weight excluding hydrogens is 244 g/mol. The Hall–Kier alpha value is -1.63. The normalized spacial score (nSPS) is 17.3. The first-order valence-electron chi connectivity index (χ1n) is 6.77. The zero-order valence-electron chi connectivity index (χ0n) is 11.7. The van der Waals surface area contributed by atoms with Crippen LogP contribution in [0.5, 0.6) is 6.01 Å². The van der Waals surface area contributed by atoms with Crippen molar-refractivity contribution >= 4 is 11.9 Å². The number of aromatic nitrogens is 3. The number of ether oxygens (including phenoxy) is 1. The molecule has 1 aromatic rings. The predicted molar refractivity (Wildman–Crippen MR) is 74.4 cm³/mol. The summed E-state index contributed by atoms with van der Waals surface area (Å²) < 4.78 is 5.44. The summed E-state index contributed by atoms with van der Waals surface area (Å²) in [6.45, 7) is 6.54. The van der Waals surface area contributed by atoms with Crippen LogP contribution in [-0.4, -0.2) is 59.7 Å². The maximum Gasteiger partial charge on any atom is 0.323 e. The Balaban J connectivity index is 2.11. The summed E-state index contributed by atoms with van der Waals surface area (Å²) in [6, 6.07) is 0.321. The number of rotatable bonds is 4. The Morgan fingerprint density at radius 1 is 1.16 bits per heavy atom. The van der Waals surface area contributed by atoms with E-state index in [1.165, 1.54) is 0 Å². The molecule has 1 aliphatic heterocycles. The van der Waals surface area contributed by atoms with Crippen LogP contribution in [0.1, 0.15) is 19.8 Å². The second kappa shape index (κ2) is 6.51. The van der Waals surface area contributed by atoms with E-state index in [1.807, 2.05) is 6.92 Å². The predicted octanol–water partition coefficient (Wildman–Crippen LogP) is 0.385. The maximum absolute atomic E-state index is 5.72. The molecule has 1 aromatic heterocycles. The van der Waals surface area contributed by atoms with Crippen molar-refractivity contribution in [3.05, 3.63) is 0 Å². The van der Waals surface area contributed by atoms with E-state index in [1.54, 1.807) is 0 Å². The molecule has 0 aliphatic carbocycles. The van der Waals surface area contributed by atoms with Crippen LogP contribution in [-0.2, 0) is 0 Å². The van der Waals surface area contributed by atoms with Gasteiger partial charge in [0, 0.05) is 19.6 Å². The summed E-state index contributed by atoms with van der Waals surface area (Å²) in [5, 5.41) is 0. The quantitative estimate of drug-likeness (QED) is 0.844. The fourth-order valence-corrected chi connectivity index (χ4v) is 2.01. The van der Waals surface area contributed by atoms with E-state index in [4.69, 9.17) is 10.5 Å². The highest BCUT2D eigenvalue weighted by molar-refractivity contribution is 5.36. The molecule has 0 spiro atoms. The van der Waals surface area contributed by atoms with Crippen molar-refractivity contribution in [3.8, 4) is 6.01 Å². The molecule has 0 atom stereocenters. The van der Waals surface area contributed by atoms with Gasteiger partial charge in [-0.2, -0.15) is 15.0 Å². The number of nitrogens with two attached hydrogens (primary N) is 1. The Morgan fingerprint density at radius 3 is 2.79 bits per heavy atom. The lowest BCUT2D eigenvalue weighted by Crippen LogP contribution is -2.30. The second-order valence-corrected chi connectivity index (χ2v) is 4.77. The van der Waals surface area contributed by atoms with Crippen molar-refractivity contribution in [3.63, 3.8) is 0 Å². The summed E-state index contributed by atoms with van der Waals surface area (Å²) in [4.78, 5) is 17.0. The molecule has 0 unspecified atom stereocenters. The summed E-state index contributed by atoms with van der Waals surface area (Å²) in [5.74, 6) is 0.836. The third-order valence-electron chi connectivity index (χ3n) is 3.06. The van der Waals surface area contributed by atoms with Crippen LogP contribution >= 0.6 is 0 Å². The number of hydrogen-bond acceptors (Lipinski definition) is 7. The minimum atomic E-state index is 0.216. The second-order valence-electron chi connectivity index (χ2n) is 4.77. The van der Waals surface area contributed by atoms with Crippen LogP contribution in [0, 0.1) is 0 Å². The van der Waals surface area contributed by atoms with Crippen LogP contribution in [0.2, 0.25) is 0 Å². The summed E-state index contributed by atoms with van der Waals surface area (Å²) in [5.41, 5.74) is 5.72. The standard InChI is InChI=1S/C12H22N6O/c1-3-9-19-12-15-10(13)14-11(16-12)18-6-4-5-17(2)7-8-18/h3-9H2,1-2H3,(H2,13,14,15,16). The van der Waals surface area contributed by atoms with Gasteiger partial charge in [-0.15, -0.1) is 0 Å². The van der Waals surface area contributed by atoms with Crippen LogP contribution < -0.4 is 15.4 Å². The van der Waals surface area contributed by atoms with E-state index in [-0.39, 0.29) is 5.95 Å². The molecule has 0 radical (unpaired) electrons. The Morgan fingerprint density at radius 2 is 2.00 bits per heavy atom. The largest absolute Gasteiger partial charge is 0.463 e. The zero-order chi connectivity index (χ0) is 13.7. The van der Waals surface area contributed by atoms with Gasteiger partial charge in [0.05, 0.1) is 6.61 Å². The molecule has 106 valence electrons. The molecular formula is C12H22N6O. The van der Waals surface area contributed by atoms with Gasteiger partial charge in [-0.25, -0.2) is 0 Å². The lowest BCUT2D eigenvalue weighted by molar-refractivity contribution is 0.292. The summed E-state index contributed by atoms with van der Waals surface area (Å²) in [6.07, 6.45) is 2.00. The molecule has 1 fully saturated rings. The molecule has 2 rings (SSSR count). The SMILES string of the molecule is CCCOc1nc(N)nc(N2CCCN(C)CC2)n1. The van der Waals surface area contributed by atoms with Gasteiger partial charge in [-0.3, -0.25) is 0 Å². The molecule has 0 aromatic carbocycles. The molecule has 1 saturated heterocycles. The van der Waals surface area contributed by atoms with E-state index in [0.717, 1.165) is 39.0 Å². The lowest BCUT2D eigenvalue weighted by Gasteiger charge is -2.20. The van der Waals surface area contributed by atoms with Gasteiger partial charge in [0.25, 0.3) is 0 Å². The first-order valence-corrected chi connectivity index (χ1v) is 6.77. The fourth-order valence-electron chi connectivity index (χ4n) is 2.01. The van der Waals surface area contributed by atoms with Crippen molar-refractivity contribution < 1.29 is 4.74 Å². The summed E-state index contributed by atoms with van der Waals surface area (Å²) >= 11 is 0. The third kappa shape index (κ3) is 3.92. The first-order chi connectivity index (χ1) is 9.19. The Kier molecular flexibility index (Phi) is 4.73. The van der Waals surface area contributed by atoms with Crippen molar-refractivity contribution in [1.82, 2.24) is 19.9 Å². The van der Waals surface area contributed by atoms with Gasteiger partial charge in [-0.1, -0.05) is 6.92 Å². The molecule has 7 heteroatoms. The Labute approximate surface area is 113 Å². The van der Waals surface area contributed by atoms with Crippen molar-refractivity contribution in [2.75, 3.05) is 50.5 Å². The van der Waals surface area contributed by atoms with Crippen molar-refractivity contribution in [2.24, 2.45) is 0 Å². The van der Waals surface area contributed by atoms with Gasteiger partial charge in [0.2, 0.25) is 11.9 Å². The van der Waals surface area contributed by atoms with Crippen LogP contribution in [0.25, 0.3) is 0 Å². The first kappa shape index (κ1) is 13.8. The highest BCUT2D eigenvalue weighted by Crippen LogP contribution is 2.15. The fraction of sp³-hybridized carbons (Fsp3) is 0.750. The van der Waals surface area contributed by atoms with Gasteiger partial charge in [0.1, 0.15) is 0 Å². The average Bonchev–Trinajstić information content (AvgIpc) is 2.60. The molecule has 0 saturated carbocycles. The van der Waals surface area contributed by atoms with E-state index in [0.29, 0.717) is 18.6 Å². The van der Waals surface area contributed by atoms with Gasteiger partial charge in [0.15, 0.2) is 0 Å². The molecule has 19 heavy (non-hydrogen) atoms. The van der Waals surface area contributed by atoms with E-state index in [2.05, 4.69) is 31.8 Å². The molecule has 7 nitrogen and oxygen atoms in total. The third-order valence-corrected chi connectivity index (χ3v) is 3.06. The summed E-state index contributed by atoms with van der Waals surface area (Å²) in [7, 11) is 2.13. The number of hydrogen-bond donors (Lipinski definition) is 1. The zero-order valence-corrected chi connectivity index (χ0v) is 11.7. The smallest absolute Gasteiger partial charge is 0.323 e. The van der Waals surface area contributed by atoms with Crippen LogP contribution in [0.3, 0.4) is 0 Å². The number of nitrogen functional groups attached to an aromatic ring is 1. The van der Waals surface area contributed by atoms with Crippen LogP contribution in [0.15, 0.2) is 0 Å². The topological polar surface area (TPSA) is 80.4 Å². The monoisotopic (exact) mass is 266 g/mol. The molecule has 1 aliphatic rings. The minimum Gasteiger partial charge on any atom is -0.463 e. The minimum absolute atomic E-state index is 0.216. The van der Waals surface area contributed by atoms with Crippen LogP contribution in [0.4, 0.5) is 11.9 Å². The molecule has 2 heterocycles. The van der Waals surface area contributed by atoms with E-state index < -0.39 is 0 Å². The molecule has 0 amide bonds. The van der Waals surface area contributed by atoms with Crippen molar-refractivity contribution in [1.29, 1.82) is 0 Å². The van der Waals surface area contributed by atoms with Gasteiger partial charge in [-0.05, 0) is 26.4 Å². The van der Waals surface area contributed by atoms with Gasteiger partial charge >= 0.3 is 6.01 Å². The number of anilines is 2. The average molecular weight is 266 g/mol. The maximum atomic E-state index is 5.72. The van der Waals surface area contributed by atoms with Gasteiger partial charge < -0.3 is 20.3 Å². The number of likely N-dealkylation sites (N-methyl/N-ethyl adjacent to an activating group) is 1. The van der Waals surface area contributed by atoms with E-state index in [9.17, 15) is 0 Å².